The number of ether oxygens (including phenoxy) is 1. The van der Waals surface area contributed by atoms with Crippen LogP contribution < -0.4 is 5.32 Å². The molecule has 2 heterocycles. The zero-order valence-electron chi connectivity index (χ0n) is 13.5. The van der Waals surface area contributed by atoms with E-state index in [2.05, 4.69) is 34.5 Å². The number of rotatable bonds is 4. The molecule has 122 valence electrons. The van der Waals surface area contributed by atoms with Crippen LogP contribution in [0.3, 0.4) is 0 Å². The summed E-state index contributed by atoms with van der Waals surface area (Å²) >= 11 is 0. The van der Waals surface area contributed by atoms with Crippen molar-refractivity contribution in [1.29, 1.82) is 5.26 Å². The van der Waals surface area contributed by atoms with E-state index in [0.29, 0.717) is 13.2 Å². The zero-order valence-corrected chi connectivity index (χ0v) is 13.5. The number of amides is 1. The predicted molar refractivity (Wildman–Crippen MR) is 86.5 cm³/mol. The number of hydrogen-bond acceptors (Lipinski definition) is 4. The molecule has 1 fully saturated rings. The topological polar surface area (TPSA) is 65.4 Å². The maximum Gasteiger partial charge on any atom is 0.238 e. The van der Waals surface area contributed by atoms with Crippen LogP contribution in [-0.2, 0) is 22.5 Å². The van der Waals surface area contributed by atoms with Crippen molar-refractivity contribution in [2.75, 3.05) is 19.8 Å². The molecule has 0 saturated carbocycles. The summed E-state index contributed by atoms with van der Waals surface area (Å²) in [6, 6.07) is 9.91. The van der Waals surface area contributed by atoms with E-state index in [-0.39, 0.29) is 17.9 Å². The molecule has 0 radical (unpaired) electrons. The quantitative estimate of drug-likeness (QED) is 0.914. The van der Waals surface area contributed by atoms with E-state index in [1.165, 1.54) is 11.1 Å². The molecule has 0 aliphatic carbocycles. The second-order valence-corrected chi connectivity index (χ2v) is 6.40. The summed E-state index contributed by atoms with van der Waals surface area (Å²) in [7, 11) is 0. The number of nitrogens with one attached hydrogen (secondary N) is 1. The van der Waals surface area contributed by atoms with Crippen molar-refractivity contribution in [2.45, 2.75) is 38.4 Å². The fourth-order valence-electron chi connectivity index (χ4n) is 3.36. The monoisotopic (exact) mass is 313 g/mol. The molecule has 1 N–H and O–H groups in total. The first-order valence-electron chi connectivity index (χ1n) is 8.27. The Balaban J connectivity index is 1.60. The van der Waals surface area contributed by atoms with Gasteiger partial charge in [0.05, 0.1) is 18.7 Å². The van der Waals surface area contributed by atoms with Gasteiger partial charge in [0.1, 0.15) is 6.04 Å². The van der Waals surface area contributed by atoms with Gasteiger partial charge in [-0.3, -0.25) is 9.69 Å². The third-order valence-corrected chi connectivity index (χ3v) is 4.96. The maximum atomic E-state index is 12.5. The first-order chi connectivity index (χ1) is 11.2. The molecule has 5 heteroatoms. The van der Waals surface area contributed by atoms with Gasteiger partial charge in [-0.2, -0.15) is 5.26 Å². The Hall–Kier alpha value is -1.90. The van der Waals surface area contributed by atoms with E-state index >= 15 is 0 Å². The summed E-state index contributed by atoms with van der Waals surface area (Å²) < 4.78 is 5.32. The van der Waals surface area contributed by atoms with Crippen LogP contribution in [0.5, 0.6) is 0 Å². The lowest BCUT2D eigenvalue weighted by Crippen LogP contribution is -2.51. The molecule has 2 aliphatic rings. The smallest absolute Gasteiger partial charge is 0.238 e. The lowest BCUT2D eigenvalue weighted by atomic mass is 9.98. The summed E-state index contributed by atoms with van der Waals surface area (Å²) in [5, 5.41) is 12.2. The molecule has 1 aromatic carbocycles. The molecule has 0 aromatic heterocycles. The number of hydrogen-bond donors (Lipinski definition) is 1. The van der Waals surface area contributed by atoms with Crippen molar-refractivity contribution in [1.82, 2.24) is 10.2 Å². The SMILES string of the molecule is C[C@H](C(=O)N[C@H](C#N)[C@H]1CCOC1)N1CCc2ccccc2C1. The Morgan fingerprint density at radius 2 is 2.22 bits per heavy atom. The van der Waals surface area contributed by atoms with Crippen molar-refractivity contribution in [2.24, 2.45) is 5.92 Å². The average Bonchev–Trinajstić information content (AvgIpc) is 3.12. The minimum Gasteiger partial charge on any atom is -0.381 e. The highest BCUT2D eigenvalue weighted by Crippen LogP contribution is 2.21. The molecular weight excluding hydrogens is 290 g/mol. The largest absolute Gasteiger partial charge is 0.381 e. The third-order valence-electron chi connectivity index (χ3n) is 4.96. The number of fused-ring (bicyclic) bond motifs is 1. The fourth-order valence-corrected chi connectivity index (χ4v) is 3.36. The van der Waals surface area contributed by atoms with Crippen molar-refractivity contribution >= 4 is 5.91 Å². The standard InChI is InChI=1S/C18H23N3O2/c1-13(18(22)20-17(10-19)16-7-9-23-12-16)21-8-6-14-4-2-3-5-15(14)11-21/h2-5,13,16-17H,6-9,11-12H2,1H3,(H,20,22)/t13-,16+,17-/m1/s1. The normalized spacial score (nSPS) is 23.6. The van der Waals surface area contributed by atoms with Gasteiger partial charge < -0.3 is 10.1 Å². The molecule has 2 aliphatic heterocycles. The van der Waals surface area contributed by atoms with E-state index in [9.17, 15) is 10.1 Å². The van der Waals surface area contributed by atoms with Gasteiger partial charge in [-0.15, -0.1) is 0 Å². The Bertz CT molecular complexity index is 605. The van der Waals surface area contributed by atoms with Crippen LogP contribution in [0.15, 0.2) is 24.3 Å². The highest BCUT2D eigenvalue weighted by molar-refractivity contribution is 5.82. The van der Waals surface area contributed by atoms with Gasteiger partial charge in [-0.25, -0.2) is 0 Å². The molecule has 3 rings (SSSR count). The summed E-state index contributed by atoms with van der Waals surface area (Å²) in [4.78, 5) is 14.7. The Labute approximate surface area is 137 Å². The molecule has 23 heavy (non-hydrogen) atoms. The number of carbonyl (C=O) groups excluding carboxylic acids is 1. The van der Waals surface area contributed by atoms with E-state index < -0.39 is 6.04 Å². The van der Waals surface area contributed by atoms with Crippen LogP contribution in [0.1, 0.15) is 24.5 Å². The van der Waals surface area contributed by atoms with Crippen LogP contribution in [0.25, 0.3) is 0 Å². The molecule has 1 saturated heterocycles. The Kier molecular flexibility index (Phi) is 4.94. The third kappa shape index (κ3) is 3.54. The highest BCUT2D eigenvalue weighted by Gasteiger charge is 2.31. The lowest BCUT2D eigenvalue weighted by molar-refractivity contribution is -0.126. The van der Waals surface area contributed by atoms with E-state index in [0.717, 1.165) is 25.9 Å². The minimum atomic E-state index is -0.454. The van der Waals surface area contributed by atoms with Gasteiger partial charge in [0.2, 0.25) is 5.91 Å². The van der Waals surface area contributed by atoms with Crippen molar-refractivity contribution in [3.05, 3.63) is 35.4 Å². The van der Waals surface area contributed by atoms with Crippen molar-refractivity contribution in [3.8, 4) is 6.07 Å². The second kappa shape index (κ2) is 7.12. The van der Waals surface area contributed by atoms with Crippen LogP contribution >= 0.6 is 0 Å². The second-order valence-electron chi connectivity index (χ2n) is 6.40. The van der Waals surface area contributed by atoms with Crippen LogP contribution in [-0.4, -0.2) is 42.6 Å². The first-order valence-corrected chi connectivity index (χ1v) is 8.27. The summed E-state index contributed by atoms with van der Waals surface area (Å²) in [6.45, 7) is 4.81. The van der Waals surface area contributed by atoms with Gasteiger partial charge in [0.15, 0.2) is 0 Å². The molecule has 0 spiro atoms. The van der Waals surface area contributed by atoms with Crippen LogP contribution in [0, 0.1) is 17.2 Å². The average molecular weight is 313 g/mol. The van der Waals surface area contributed by atoms with Crippen LogP contribution in [0.4, 0.5) is 0 Å². The number of nitrogens with zero attached hydrogens (tertiary/aromatic N) is 2. The van der Waals surface area contributed by atoms with Gasteiger partial charge in [0, 0.05) is 25.6 Å². The summed E-state index contributed by atoms with van der Waals surface area (Å²) in [5.41, 5.74) is 2.66. The lowest BCUT2D eigenvalue weighted by Gasteiger charge is -2.33. The fraction of sp³-hybridized carbons (Fsp3) is 0.556. The van der Waals surface area contributed by atoms with Gasteiger partial charge in [0.25, 0.3) is 0 Å². The van der Waals surface area contributed by atoms with Gasteiger partial charge in [-0.1, -0.05) is 24.3 Å². The molecule has 5 nitrogen and oxygen atoms in total. The highest BCUT2D eigenvalue weighted by atomic mass is 16.5. The molecule has 3 atom stereocenters. The van der Waals surface area contributed by atoms with Gasteiger partial charge in [-0.05, 0) is 30.9 Å². The Morgan fingerprint density at radius 3 is 2.91 bits per heavy atom. The molecule has 1 aromatic rings. The van der Waals surface area contributed by atoms with Gasteiger partial charge >= 0.3 is 0 Å². The maximum absolute atomic E-state index is 12.5. The number of nitriles is 1. The first kappa shape index (κ1) is 16.0. The number of carbonyl (C=O) groups is 1. The van der Waals surface area contributed by atoms with E-state index in [1.54, 1.807) is 0 Å². The predicted octanol–water partition coefficient (Wildman–Crippen LogP) is 1.48. The van der Waals surface area contributed by atoms with E-state index in [4.69, 9.17) is 4.74 Å². The Morgan fingerprint density at radius 1 is 1.43 bits per heavy atom. The van der Waals surface area contributed by atoms with E-state index in [1.807, 2.05) is 13.0 Å². The van der Waals surface area contributed by atoms with Crippen molar-refractivity contribution < 1.29 is 9.53 Å². The molecule has 0 bridgehead atoms. The number of benzene rings is 1. The summed E-state index contributed by atoms with van der Waals surface area (Å²) in [5.74, 6) is 0.0427. The van der Waals surface area contributed by atoms with Crippen molar-refractivity contribution in [3.63, 3.8) is 0 Å². The zero-order chi connectivity index (χ0) is 16.2. The molecule has 1 amide bonds. The molecule has 0 unspecified atom stereocenters. The minimum absolute atomic E-state index is 0.0668. The van der Waals surface area contributed by atoms with Crippen LogP contribution in [0.2, 0.25) is 0 Å². The summed E-state index contributed by atoms with van der Waals surface area (Å²) in [6.07, 6.45) is 1.80. The molecular formula is C18H23N3O2.